The van der Waals surface area contributed by atoms with Gasteiger partial charge in [0.25, 0.3) is 5.91 Å². The van der Waals surface area contributed by atoms with E-state index in [4.69, 9.17) is 14.1 Å². The van der Waals surface area contributed by atoms with Crippen LogP contribution in [0.25, 0.3) is 11.1 Å². The van der Waals surface area contributed by atoms with Gasteiger partial charge < -0.3 is 29.4 Å². The van der Waals surface area contributed by atoms with Crippen molar-refractivity contribution in [1.29, 1.82) is 0 Å². The van der Waals surface area contributed by atoms with Crippen molar-refractivity contribution in [2.24, 2.45) is 5.41 Å². The van der Waals surface area contributed by atoms with Crippen molar-refractivity contribution in [3.8, 4) is 0 Å². The summed E-state index contributed by atoms with van der Waals surface area (Å²) < 4.78 is 11.5. The van der Waals surface area contributed by atoms with Crippen molar-refractivity contribution in [2.75, 3.05) is 19.6 Å². The summed E-state index contributed by atoms with van der Waals surface area (Å²) in [6, 6.07) is 11.7. The van der Waals surface area contributed by atoms with Crippen LogP contribution in [-0.2, 0) is 26.3 Å². The molecular formula is C39H52N4O7. The molecule has 1 saturated carbocycles. The van der Waals surface area contributed by atoms with E-state index in [0.29, 0.717) is 22.4 Å². The van der Waals surface area contributed by atoms with Crippen LogP contribution in [0.5, 0.6) is 0 Å². The lowest BCUT2D eigenvalue weighted by Crippen LogP contribution is -2.62. The highest BCUT2D eigenvalue weighted by Crippen LogP contribution is 2.43. The third-order valence-electron chi connectivity index (χ3n) is 10.2. The Balaban J connectivity index is 1.22. The van der Waals surface area contributed by atoms with E-state index in [1.165, 1.54) is 0 Å². The van der Waals surface area contributed by atoms with E-state index in [2.05, 4.69) is 46.0 Å². The SMILES string of the molecule is CC1(C)CCC(c2cc(C(C)(C)C)c3oc(C(=O)N4CCN(C(=O)CC[C@H](NC(=O)OCc5ccccc5)C(=O)O)CC4(C)C)cc3n2)CC1. The van der Waals surface area contributed by atoms with Gasteiger partial charge in [-0.15, -0.1) is 0 Å². The number of nitrogens with one attached hydrogen (secondary N) is 1. The summed E-state index contributed by atoms with van der Waals surface area (Å²) in [5.41, 5.74) is 3.60. The number of amides is 3. The van der Waals surface area contributed by atoms with Gasteiger partial charge in [0.15, 0.2) is 11.3 Å². The summed E-state index contributed by atoms with van der Waals surface area (Å²) in [4.78, 5) is 59.8. The van der Waals surface area contributed by atoms with E-state index in [9.17, 15) is 24.3 Å². The highest BCUT2D eigenvalue weighted by atomic mass is 16.5. The molecule has 11 nitrogen and oxygen atoms in total. The molecule has 1 saturated heterocycles. The highest BCUT2D eigenvalue weighted by molar-refractivity contribution is 5.96. The molecular weight excluding hydrogens is 636 g/mol. The molecule has 0 radical (unpaired) electrons. The second-order valence-electron chi connectivity index (χ2n) is 16.3. The van der Waals surface area contributed by atoms with Crippen LogP contribution < -0.4 is 5.32 Å². The molecule has 5 rings (SSSR count). The van der Waals surface area contributed by atoms with Crippen molar-refractivity contribution in [3.05, 3.63) is 65.0 Å². The van der Waals surface area contributed by atoms with Crippen molar-refractivity contribution < 1.29 is 33.4 Å². The predicted octanol–water partition coefficient (Wildman–Crippen LogP) is 7.03. The number of aromatic nitrogens is 1. The number of alkyl carbamates (subject to hydrolysis) is 1. The minimum absolute atomic E-state index is 0.00155. The maximum Gasteiger partial charge on any atom is 0.408 e. The molecule has 0 bridgehead atoms. The third kappa shape index (κ3) is 8.65. The Kier molecular flexibility index (Phi) is 10.6. The molecule has 270 valence electrons. The van der Waals surface area contributed by atoms with E-state index in [-0.39, 0.29) is 62.1 Å². The maximum atomic E-state index is 14.0. The van der Waals surface area contributed by atoms with Crippen LogP contribution in [0.3, 0.4) is 0 Å². The molecule has 0 unspecified atom stereocenters. The summed E-state index contributed by atoms with van der Waals surface area (Å²) in [5.74, 6) is -1.17. The lowest BCUT2D eigenvalue weighted by Gasteiger charge is -2.46. The average Bonchev–Trinajstić information content (AvgIpc) is 3.48. The minimum atomic E-state index is -1.29. The molecule has 11 heteroatoms. The van der Waals surface area contributed by atoms with Crippen molar-refractivity contribution in [3.63, 3.8) is 0 Å². The molecule has 2 fully saturated rings. The fourth-order valence-corrected chi connectivity index (χ4v) is 7.08. The lowest BCUT2D eigenvalue weighted by molar-refractivity contribution is -0.140. The van der Waals surface area contributed by atoms with E-state index in [0.717, 1.165) is 42.5 Å². The third-order valence-corrected chi connectivity index (χ3v) is 10.2. The standard InChI is InChI=1S/C39H52N4O7/c1-37(2,3)27-21-29(26-15-17-38(4,5)18-16-26)40-30-22-31(50-33(27)30)34(45)43-20-19-42(24-39(43,6)7)32(44)14-13-28(35(46)47)41-36(48)49-23-25-11-9-8-10-12-25/h8-12,21-22,26,28H,13-20,23-24H2,1-7H3,(H,41,48)(H,46,47)/t28-/m0/s1. The zero-order valence-corrected chi connectivity index (χ0v) is 30.5. The molecule has 3 aromatic rings. The van der Waals surface area contributed by atoms with Crippen molar-refractivity contribution in [2.45, 2.75) is 117 Å². The molecule has 3 amide bonds. The number of rotatable bonds is 9. The monoisotopic (exact) mass is 688 g/mol. The topological polar surface area (TPSA) is 142 Å². The largest absolute Gasteiger partial charge is 0.480 e. The minimum Gasteiger partial charge on any atom is -0.480 e. The van der Waals surface area contributed by atoms with Gasteiger partial charge in [0.05, 0.1) is 5.54 Å². The van der Waals surface area contributed by atoms with Gasteiger partial charge in [-0.25, -0.2) is 14.6 Å². The summed E-state index contributed by atoms with van der Waals surface area (Å²) >= 11 is 0. The summed E-state index contributed by atoms with van der Waals surface area (Å²) in [6.07, 6.45) is 3.42. The smallest absolute Gasteiger partial charge is 0.408 e. The Morgan fingerprint density at radius 3 is 2.34 bits per heavy atom. The quantitative estimate of drug-likeness (QED) is 0.244. The molecule has 1 atom stereocenters. The molecule has 2 aromatic heterocycles. The summed E-state index contributed by atoms with van der Waals surface area (Å²) in [5, 5.41) is 12.0. The predicted molar refractivity (Wildman–Crippen MR) is 190 cm³/mol. The number of benzene rings is 1. The van der Waals surface area contributed by atoms with Crippen LogP contribution in [0.4, 0.5) is 4.79 Å². The van der Waals surface area contributed by atoms with Crippen molar-refractivity contribution >= 4 is 35.0 Å². The normalized spacial score (nSPS) is 18.5. The van der Waals surface area contributed by atoms with Gasteiger partial charge in [-0.3, -0.25) is 9.59 Å². The van der Waals surface area contributed by atoms with E-state index >= 15 is 0 Å². The maximum absolute atomic E-state index is 14.0. The number of pyridine rings is 1. The second kappa shape index (κ2) is 14.4. The summed E-state index contributed by atoms with van der Waals surface area (Å²) in [7, 11) is 0. The number of carbonyl (C=O) groups is 4. The second-order valence-corrected chi connectivity index (χ2v) is 16.3. The highest BCUT2D eigenvalue weighted by Gasteiger charge is 2.40. The van der Waals surface area contributed by atoms with Gasteiger partial charge in [-0.1, -0.05) is 65.0 Å². The molecule has 2 N–H and O–H groups in total. The number of hydrogen-bond acceptors (Lipinski definition) is 7. The van der Waals surface area contributed by atoms with Gasteiger partial charge in [-0.05, 0) is 68.4 Å². The Morgan fingerprint density at radius 2 is 1.72 bits per heavy atom. The Bertz CT molecular complexity index is 1710. The molecule has 1 aromatic carbocycles. The molecule has 1 aliphatic carbocycles. The molecule has 50 heavy (non-hydrogen) atoms. The van der Waals surface area contributed by atoms with E-state index in [1.807, 2.05) is 32.0 Å². The van der Waals surface area contributed by atoms with Crippen LogP contribution in [0.2, 0.25) is 0 Å². The molecule has 2 aliphatic rings. The number of nitrogens with zero attached hydrogens (tertiary/aromatic N) is 3. The van der Waals surface area contributed by atoms with Crippen LogP contribution in [-0.4, -0.2) is 75.0 Å². The van der Waals surface area contributed by atoms with Crippen LogP contribution in [0.1, 0.15) is 120 Å². The first-order valence-electron chi connectivity index (χ1n) is 17.7. The lowest BCUT2D eigenvalue weighted by atomic mass is 9.72. The Morgan fingerprint density at radius 1 is 1.04 bits per heavy atom. The fraction of sp³-hybridized carbons (Fsp3) is 0.564. The molecule has 0 spiro atoms. The average molecular weight is 689 g/mol. The zero-order valence-electron chi connectivity index (χ0n) is 30.5. The first-order chi connectivity index (χ1) is 23.4. The number of aliphatic carboxylic acids is 1. The Labute approximate surface area is 294 Å². The first kappa shape index (κ1) is 36.9. The van der Waals surface area contributed by atoms with Crippen LogP contribution in [0.15, 0.2) is 46.9 Å². The van der Waals surface area contributed by atoms with E-state index in [1.54, 1.807) is 28.0 Å². The number of carboxylic acids is 1. The molecule has 1 aliphatic heterocycles. The first-order valence-corrected chi connectivity index (χ1v) is 17.7. The summed E-state index contributed by atoms with van der Waals surface area (Å²) in [6.45, 7) is 15.7. The van der Waals surface area contributed by atoms with Gasteiger partial charge in [0.1, 0.15) is 18.2 Å². The molecule has 3 heterocycles. The van der Waals surface area contributed by atoms with Gasteiger partial charge >= 0.3 is 12.1 Å². The Hall–Kier alpha value is -4.41. The number of carboxylic acid groups (broad SMARTS) is 1. The van der Waals surface area contributed by atoms with E-state index < -0.39 is 23.6 Å². The van der Waals surface area contributed by atoms with Gasteiger partial charge in [-0.2, -0.15) is 0 Å². The zero-order chi connectivity index (χ0) is 36.4. The number of furan rings is 1. The van der Waals surface area contributed by atoms with Crippen molar-refractivity contribution in [1.82, 2.24) is 20.1 Å². The number of ether oxygens (including phenoxy) is 1. The van der Waals surface area contributed by atoms with Gasteiger partial charge in [0.2, 0.25) is 5.91 Å². The number of piperazine rings is 1. The number of hydrogen-bond donors (Lipinski definition) is 2. The van der Waals surface area contributed by atoms with Crippen LogP contribution >= 0.6 is 0 Å². The fourth-order valence-electron chi connectivity index (χ4n) is 7.08. The number of carbonyl (C=O) groups excluding carboxylic acids is 3. The van der Waals surface area contributed by atoms with Gasteiger partial charge in [0, 0.05) is 49.3 Å². The van der Waals surface area contributed by atoms with Crippen LogP contribution in [0, 0.1) is 5.41 Å². The number of fused-ring (bicyclic) bond motifs is 1.